The van der Waals surface area contributed by atoms with E-state index in [0.29, 0.717) is 27.4 Å². The molecule has 5 nitrogen and oxygen atoms in total. The molecule has 0 saturated carbocycles. The molecular formula is C19H22Cl3N5. The Labute approximate surface area is 174 Å². The van der Waals surface area contributed by atoms with Gasteiger partial charge in [-0.25, -0.2) is 4.98 Å². The maximum Gasteiger partial charge on any atom is 0.227 e. The summed E-state index contributed by atoms with van der Waals surface area (Å²) in [5.74, 6) is 2.84. The second-order valence-corrected chi connectivity index (χ2v) is 8.48. The fraction of sp³-hybridized carbons (Fsp3) is 0.474. The summed E-state index contributed by atoms with van der Waals surface area (Å²) in [4.78, 5) is 11.2. The molecule has 1 aromatic heterocycles. The van der Waals surface area contributed by atoms with Gasteiger partial charge in [-0.3, -0.25) is 0 Å². The molecule has 2 fully saturated rings. The fourth-order valence-corrected chi connectivity index (χ4v) is 4.37. The van der Waals surface area contributed by atoms with Gasteiger partial charge in [0, 0.05) is 29.7 Å². The molecule has 4 rings (SSSR count). The van der Waals surface area contributed by atoms with Crippen LogP contribution in [0.3, 0.4) is 0 Å². The van der Waals surface area contributed by atoms with E-state index >= 15 is 0 Å². The van der Waals surface area contributed by atoms with Gasteiger partial charge in [0.2, 0.25) is 5.95 Å². The van der Waals surface area contributed by atoms with Crippen LogP contribution in [-0.4, -0.2) is 36.1 Å². The van der Waals surface area contributed by atoms with Crippen molar-refractivity contribution < 1.29 is 0 Å². The van der Waals surface area contributed by atoms with Crippen LogP contribution in [-0.2, 0) is 6.54 Å². The van der Waals surface area contributed by atoms with E-state index in [0.717, 1.165) is 49.5 Å². The summed E-state index contributed by atoms with van der Waals surface area (Å²) in [5, 5.41) is 8.49. The van der Waals surface area contributed by atoms with Gasteiger partial charge in [-0.1, -0.05) is 40.9 Å². The molecule has 3 heterocycles. The molecule has 8 heteroatoms. The molecular weight excluding hydrogens is 405 g/mol. The summed E-state index contributed by atoms with van der Waals surface area (Å²) in [6.07, 6.45) is 4.26. The van der Waals surface area contributed by atoms with Crippen molar-refractivity contribution in [3.05, 3.63) is 45.0 Å². The number of aromatic nitrogens is 2. The zero-order valence-electron chi connectivity index (χ0n) is 14.9. The average molecular weight is 427 g/mol. The highest BCUT2D eigenvalue weighted by Crippen LogP contribution is 2.32. The van der Waals surface area contributed by atoms with Gasteiger partial charge in [-0.15, -0.1) is 0 Å². The van der Waals surface area contributed by atoms with Crippen molar-refractivity contribution in [3.8, 4) is 0 Å². The molecule has 0 spiro atoms. The molecule has 27 heavy (non-hydrogen) atoms. The number of halogens is 3. The first-order valence-electron chi connectivity index (χ1n) is 9.26. The van der Waals surface area contributed by atoms with Gasteiger partial charge in [0.15, 0.2) is 5.82 Å². The topological polar surface area (TPSA) is 53.1 Å². The maximum absolute atomic E-state index is 6.28. The molecule has 1 unspecified atom stereocenters. The Kier molecular flexibility index (Phi) is 5.93. The van der Waals surface area contributed by atoms with Crippen LogP contribution in [0.5, 0.6) is 0 Å². The van der Waals surface area contributed by atoms with Crippen molar-refractivity contribution in [3.63, 3.8) is 0 Å². The Morgan fingerprint density at radius 1 is 1.15 bits per heavy atom. The molecule has 2 aliphatic rings. The molecule has 2 N–H and O–H groups in total. The van der Waals surface area contributed by atoms with Gasteiger partial charge in [0.25, 0.3) is 0 Å². The summed E-state index contributed by atoms with van der Waals surface area (Å²) in [6.45, 7) is 4.82. The normalized spacial score (nSPS) is 20.4. The SMILES string of the molecule is Clc1ccc(CNc2nc(N3CC(C4CCCNC4)C3)ncc2Cl)c(Cl)c1. The highest BCUT2D eigenvalue weighted by Gasteiger charge is 2.35. The lowest BCUT2D eigenvalue weighted by atomic mass is 9.81. The molecule has 144 valence electrons. The molecule has 1 aromatic carbocycles. The van der Waals surface area contributed by atoms with Crippen LogP contribution < -0.4 is 15.5 Å². The Balaban J connectivity index is 1.38. The van der Waals surface area contributed by atoms with Crippen LogP contribution in [0, 0.1) is 11.8 Å². The number of rotatable bonds is 5. The number of hydrogen-bond acceptors (Lipinski definition) is 5. The van der Waals surface area contributed by atoms with Crippen molar-refractivity contribution in [2.45, 2.75) is 19.4 Å². The number of hydrogen-bond donors (Lipinski definition) is 2. The summed E-state index contributed by atoms with van der Waals surface area (Å²) in [5.41, 5.74) is 0.936. The van der Waals surface area contributed by atoms with E-state index in [9.17, 15) is 0 Å². The summed E-state index contributed by atoms with van der Waals surface area (Å²) >= 11 is 18.5. The Morgan fingerprint density at radius 2 is 2.00 bits per heavy atom. The van der Waals surface area contributed by atoms with Crippen LogP contribution in [0.4, 0.5) is 11.8 Å². The molecule has 0 amide bonds. The number of benzene rings is 1. The third-order valence-electron chi connectivity index (χ3n) is 5.39. The lowest BCUT2D eigenvalue weighted by Gasteiger charge is -2.44. The molecule has 2 aliphatic heterocycles. The fourth-order valence-electron chi connectivity index (χ4n) is 3.73. The quantitative estimate of drug-likeness (QED) is 0.738. The van der Waals surface area contributed by atoms with Crippen LogP contribution >= 0.6 is 34.8 Å². The molecule has 0 bridgehead atoms. The Bertz CT molecular complexity index is 804. The van der Waals surface area contributed by atoms with E-state index in [-0.39, 0.29) is 0 Å². The van der Waals surface area contributed by atoms with Crippen LogP contribution in [0.25, 0.3) is 0 Å². The Morgan fingerprint density at radius 3 is 2.74 bits per heavy atom. The minimum absolute atomic E-state index is 0.498. The average Bonchev–Trinajstić information content (AvgIpc) is 2.63. The van der Waals surface area contributed by atoms with E-state index in [1.54, 1.807) is 12.3 Å². The van der Waals surface area contributed by atoms with E-state index < -0.39 is 0 Å². The van der Waals surface area contributed by atoms with Gasteiger partial charge < -0.3 is 15.5 Å². The summed E-state index contributed by atoms with van der Waals surface area (Å²) in [6, 6.07) is 5.44. The largest absolute Gasteiger partial charge is 0.365 e. The molecule has 2 saturated heterocycles. The van der Waals surface area contributed by atoms with Gasteiger partial charge in [0.1, 0.15) is 5.02 Å². The smallest absolute Gasteiger partial charge is 0.227 e. The second kappa shape index (κ2) is 8.39. The van der Waals surface area contributed by atoms with E-state index in [4.69, 9.17) is 34.8 Å². The standard InChI is InChI=1S/C19H22Cl3N5/c20-15-4-3-13(16(21)6-15)8-24-18-17(22)9-25-19(26-18)27-10-14(11-27)12-2-1-5-23-7-12/h3-4,6,9,12,14,23H,1-2,5,7-8,10-11H2,(H,24,25,26). The highest BCUT2D eigenvalue weighted by atomic mass is 35.5. The molecule has 2 aromatic rings. The van der Waals surface area contributed by atoms with Gasteiger partial charge in [-0.05, 0) is 55.5 Å². The number of anilines is 2. The summed E-state index contributed by atoms with van der Waals surface area (Å²) < 4.78 is 0. The van der Waals surface area contributed by atoms with Crippen molar-refractivity contribution in [1.29, 1.82) is 0 Å². The van der Waals surface area contributed by atoms with Crippen LogP contribution in [0.15, 0.2) is 24.4 Å². The lowest BCUT2D eigenvalue weighted by Crippen LogP contribution is -2.53. The maximum atomic E-state index is 6.28. The van der Waals surface area contributed by atoms with Crippen LogP contribution in [0.2, 0.25) is 15.1 Å². The number of nitrogens with zero attached hydrogens (tertiary/aromatic N) is 3. The Hall–Kier alpha value is -1.27. The van der Waals surface area contributed by atoms with Crippen molar-refractivity contribution in [2.75, 3.05) is 36.4 Å². The second-order valence-electron chi connectivity index (χ2n) is 7.23. The minimum Gasteiger partial charge on any atom is -0.365 e. The van der Waals surface area contributed by atoms with Crippen LogP contribution in [0.1, 0.15) is 18.4 Å². The molecule has 0 radical (unpaired) electrons. The third kappa shape index (κ3) is 4.43. The van der Waals surface area contributed by atoms with Gasteiger partial charge in [-0.2, -0.15) is 4.98 Å². The first kappa shape index (κ1) is 19.1. The number of piperidine rings is 1. The predicted octanol–water partition coefficient (Wildman–Crippen LogP) is 4.48. The number of nitrogens with one attached hydrogen (secondary N) is 2. The first-order chi connectivity index (χ1) is 13.1. The van der Waals surface area contributed by atoms with Gasteiger partial charge in [0.05, 0.1) is 6.20 Å². The highest BCUT2D eigenvalue weighted by molar-refractivity contribution is 6.35. The molecule has 0 aliphatic carbocycles. The monoisotopic (exact) mass is 425 g/mol. The van der Waals surface area contributed by atoms with Gasteiger partial charge >= 0.3 is 0 Å². The predicted molar refractivity (Wildman–Crippen MR) is 112 cm³/mol. The molecule has 1 atom stereocenters. The third-order valence-corrected chi connectivity index (χ3v) is 6.25. The zero-order valence-corrected chi connectivity index (χ0v) is 17.2. The van der Waals surface area contributed by atoms with Crippen molar-refractivity contribution >= 4 is 46.6 Å². The zero-order chi connectivity index (χ0) is 18.8. The first-order valence-corrected chi connectivity index (χ1v) is 10.4. The minimum atomic E-state index is 0.498. The van der Waals surface area contributed by atoms with E-state index in [1.165, 1.54) is 12.8 Å². The van der Waals surface area contributed by atoms with Crippen molar-refractivity contribution in [1.82, 2.24) is 15.3 Å². The summed E-state index contributed by atoms with van der Waals surface area (Å²) in [7, 11) is 0. The van der Waals surface area contributed by atoms with Crippen molar-refractivity contribution in [2.24, 2.45) is 11.8 Å². The lowest BCUT2D eigenvalue weighted by molar-refractivity contribution is 0.222. The van der Waals surface area contributed by atoms with E-state index in [2.05, 4.69) is 25.5 Å². The van der Waals surface area contributed by atoms with E-state index in [1.807, 2.05) is 12.1 Å².